The highest BCUT2D eigenvalue weighted by molar-refractivity contribution is 5.92. The summed E-state index contributed by atoms with van der Waals surface area (Å²) in [4.78, 5) is 22.3. The second kappa shape index (κ2) is 9.24. The number of anilines is 1. The number of nitrogens with zero attached hydrogens (tertiary/aromatic N) is 1. The van der Waals surface area contributed by atoms with Gasteiger partial charge in [0, 0.05) is 24.9 Å². The Labute approximate surface area is 144 Å². The number of rotatable bonds is 9. The molecule has 132 valence electrons. The van der Waals surface area contributed by atoms with Gasteiger partial charge in [-0.15, -0.1) is 0 Å². The summed E-state index contributed by atoms with van der Waals surface area (Å²) in [5.74, 6) is 0.195. The van der Waals surface area contributed by atoms with E-state index in [0.29, 0.717) is 24.7 Å². The largest absolute Gasteiger partial charge is 0.491 e. The van der Waals surface area contributed by atoms with Crippen molar-refractivity contribution in [3.63, 3.8) is 0 Å². The normalized spacial score (nSPS) is 10.1. The molecule has 25 heavy (non-hydrogen) atoms. The SMILES string of the molecule is COCCOc1cccc(NC(=O)COc2ccccc2[N+](=O)[O-])c1. The van der Waals surface area contributed by atoms with Crippen molar-refractivity contribution in [1.82, 2.24) is 0 Å². The van der Waals surface area contributed by atoms with E-state index >= 15 is 0 Å². The highest BCUT2D eigenvalue weighted by atomic mass is 16.6. The zero-order valence-electron chi connectivity index (χ0n) is 13.6. The number of nitro benzene ring substituents is 1. The van der Waals surface area contributed by atoms with Gasteiger partial charge in [-0.1, -0.05) is 18.2 Å². The fourth-order valence-corrected chi connectivity index (χ4v) is 1.98. The number of methoxy groups -OCH3 is 1. The maximum atomic E-state index is 12.0. The molecule has 0 saturated carbocycles. The van der Waals surface area contributed by atoms with E-state index < -0.39 is 10.8 Å². The van der Waals surface area contributed by atoms with Crippen LogP contribution in [-0.2, 0) is 9.53 Å². The van der Waals surface area contributed by atoms with Crippen LogP contribution in [0.2, 0.25) is 0 Å². The van der Waals surface area contributed by atoms with Crippen molar-refractivity contribution >= 4 is 17.3 Å². The molecule has 0 fully saturated rings. The van der Waals surface area contributed by atoms with Crippen LogP contribution in [0.3, 0.4) is 0 Å². The van der Waals surface area contributed by atoms with Crippen molar-refractivity contribution in [3.05, 3.63) is 58.6 Å². The second-order valence-electron chi connectivity index (χ2n) is 4.93. The van der Waals surface area contributed by atoms with Gasteiger partial charge in [-0.25, -0.2) is 0 Å². The summed E-state index contributed by atoms with van der Waals surface area (Å²) >= 11 is 0. The molecule has 0 aliphatic rings. The average molecular weight is 346 g/mol. The van der Waals surface area contributed by atoms with Crippen molar-refractivity contribution in [1.29, 1.82) is 0 Å². The fraction of sp³-hybridized carbons (Fsp3) is 0.235. The van der Waals surface area contributed by atoms with Crippen molar-refractivity contribution in [2.45, 2.75) is 0 Å². The van der Waals surface area contributed by atoms with Crippen LogP contribution in [0.25, 0.3) is 0 Å². The molecule has 0 unspecified atom stereocenters. The molecule has 8 nitrogen and oxygen atoms in total. The van der Waals surface area contributed by atoms with Crippen LogP contribution < -0.4 is 14.8 Å². The highest BCUT2D eigenvalue weighted by Gasteiger charge is 2.15. The van der Waals surface area contributed by atoms with Crippen LogP contribution in [0.1, 0.15) is 0 Å². The molecule has 0 aromatic heterocycles. The number of nitrogens with one attached hydrogen (secondary N) is 1. The van der Waals surface area contributed by atoms with Gasteiger partial charge < -0.3 is 19.5 Å². The number of hydrogen-bond acceptors (Lipinski definition) is 6. The topological polar surface area (TPSA) is 99.9 Å². The number of nitro groups is 1. The summed E-state index contributed by atoms with van der Waals surface area (Å²) in [5, 5.41) is 13.6. The Bertz CT molecular complexity index is 735. The first-order valence-corrected chi connectivity index (χ1v) is 7.48. The number of amides is 1. The van der Waals surface area contributed by atoms with Crippen LogP contribution >= 0.6 is 0 Å². The molecule has 0 bridgehead atoms. The predicted molar refractivity (Wildman–Crippen MR) is 91.0 cm³/mol. The van der Waals surface area contributed by atoms with E-state index in [1.54, 1.807) is 37.4 Å². The monoisotopic (exact) mass is 346 g/mol. The highest BCUT2D eigenvalue weighted by Crippen LogP contribution is 2.25. The van der Waals surface area contributed by atoms with Crippen LogP contribution in [0, 0.1) is 10.1 Å². The third-order valence-corrected chi connectivity index (χ3v) is 3.09. The number of ether oxygens (including phenoxy) is 3. The van der Waals surface area contributed by atoms with E-state index in [1.807, 2.05) is 0 Å². The predicted octanol–water partition coefficient (Wildman–Crippen LogP) is 2.64. The molecular formula is C17H18N2O6. The first-order chi connectivity index (χ1) is 12.1. The van der Waals surface area contributed by atoms with Crippen LogP contribution in [0.5, 0.6) is 11.5 Å². The molecule has 0 aliphatic carbocycles. The van der Waals surface area contributed by atoms with Gasteiger partial charge >= 0.3 is 5.69 Å². The van der Waals surface area contributed by atoms with Crippen molar-refractivity contribution in [2.75, 3.05) is 32.2 Å². The van der Waals surface area contributed by atoms with Gasteiger partial charge in [-0.2, -0.15) is 0 Å². The summed E-state index contributed by atoms with van der Waals surface area (Å²) in [6.45, 7) is 0.509. The zero-order chi connectivity index (χ0) is 18.1. The third kappa shape index (κ3) is 5.78. The summed E-state index contributed by atoms with van der Waals surface area (Å²) < 4.78 is 15.6. The Hall–Kier alpha value is -3.13. The van der Waals surface area contributed by atoms with Gasteiger partial charge in [-0.3, -0.25) is 14.9 Å². The van der Waals surface area contributed by atoms with Gasteiger partial charge in [0.05, 0.1) is 11.5 Å². The van der Waals surface area contributed by atoms with E-state index in [9.17, 15) is 14.9 Å². The molecule has 0 atom stereocenters. The molecule has 0 radical (unpaired) electrons. The van der Waals surface area contributed by atoms with Crippen molar-refractivity contribution in [3.8, 4) is 11.5 Å². The van der Waals surface area contributed by atoms with Crippen LogP contribution in [0.4, 0.5) is 11.4 Å². The molecule has 2 aromatic carbocycles. The number of hydrogen-bond donors (Lipinski definition) is 1. The molecule has 1 amide bonds. The number of para-hydroxylation sites is 2. The molecule has 0 aliphatic heterocycles. The van der Waals surface area contributed by atoms with Crippen molar-refractivity contribution in [2.24, 2.45) is 0 Å². The Morgan fingerprint density at radius 2 is 1.92 bits per heavy atom. The van der Waals surface area contributed by atoms with E-state index in [0.717, 1.165) is 0 Å². The van der Waals surface area contributed by atoms with E-state index in [-0.39, 0.29) is 18.0 Å². The molecule has 0 heterocycles. The first-order valence-electron chi connectivity index (χ1n) is 7.48. The van der Waals surface area contributed by atoms with Crippen molar-refractivity contribution < 1.29 is 23.9 Å². The summed E-state index contributed by atoms with van der Waals surface area (Å²) in [7, 11) is 1.58. The summed E-state index contributed by atoms with van der Waals surface area (Å²) in [6.07, 6.45) is 0. The Morgan fingerprint density at radius 3 is 2.68 bits per heavy atom. The van der Waals surface area contributed by atoms with Gasteiger partial charge in [-0.05, 0) is 18.2 Å². The van der Waals surface area contributed by atoms with Gasteiger partial charge in [0.1, 0.15) is 12.4 Å². The quantitative estimate of drug-likeness (QED) is 0.426. The molecule has 2 aromatic rings. The Morgan fingerprint density at radius 1 is 1.12 bits per heavy atom. The van der Waals surface area contributed by atoms with Gasteiger partial charge in [0.25, 0.3) is 5.91 Å². The van der Waals surface area contributed by atoms with E-state index in [1.165, 1.54) is 18.2 Å². The standard InChI is InChI=1S/C17H18N2O6/c1-23-9-10-24-14-6-4-5-13(11-14)18-17(20)12-25-16-8-3-2-7-15(16)19(21)22/h2-8,11H,9-10,12H2,1H3,(H,18,20). The third-order valence-electron chi connectivity index (χ3n) is 3.09. The first kappa shape index (κ1) is 18.2. The smallest absolute Gasteiger partial charge is 0.310 e. The minimum Gasteiger partial charge on any atom is -0.491 e. The van der Waals surface area contributed by atoms with Gasteiger partial charge in [0.2, 0.25) is 0 Å². The minimum absolute atomic E-state index is 0.0410. The maximum absolute atomic E-state index is 12.0. The van der Waals surface area contributed by atoms with E-state index in [2.05, 4.69) is 5.32 Å². The van der Waals surface area contributed by atoms with Crippen LogP contribution in [-0.4, -0.2) is 37.8 Å². The van der Waals surface area contributed by atoms with Crippen LogP contribution in [0.15, 0.2) is 48.5 Å². The second-order valence-corrected chi connectivity index (χ2v) is 4.93. The number of benzene rings is 2. The average Bonchev–Trinajstić information content (AvgIpc) is 2.61. The lowest BCUT2D eigenvalue weighted by Gasteiger charge is -2.10. The summed E-state index contributed by atoms with van der Waals surface area (Å²) in [6, 6.07) is 12.7. The van der Waals surface area contributed by atoms with E-state index in [4.69, 9.17) is 14.2 Å². The van der Waals surface area contributed by atoms with Gasteiger partial charge in [0.15, 0.2) is 12.4 Å². The minimum atomic E-state index is -0.561. The maximum Gasteiger partial charge on any atom is 0.310 e. The lowest BCUT2D eigenvalue weighted by Crippen LogP contribution is -2.20. The zero-order valence-corrected chi connectivity index (χ0v) is 13.6. The number of carbonyl (C=O) groups is 1. The number of carbonyl (C=O) groups excluding carboxylic acids is 1. The molecular weight excluding hydrogens is 328 g/mol. The fourth-order valence-electron chi connectivity index (χ4n) is 1.98. The molecule has 0 saturated heterocycles. The lowest BCUT2D eigenvalue weighted by molar-refractivity contribution is -0.385. The molecule has 8 heteroatoms. The summed E-state index contributed by atoms with van der Waals surface area (Å²) in [5.41, 5.74) is 0.343. The Balaban J connectivity index is 1.90. The molecule has 0 spiro atoms. The molecule has 1 N–H and O–H groups in total. The Kier molecular flexibility index (Phi) is 6.73. The lowest BCUT2D eigenvalue weighted by atomic mass is 10.3. The molecule has 2 rings (SSSR count).